The Balaban J connectivity index is 2.10. The smallest absolute Gasteiger partial charge is 0.331 e. The van der Waals surface area contributed by atoms with Crippen LogP contribution in [0.2, 0.25) is 0 Å². The lowest BCUT2D eigenvalue weighted by Crippen LogP contribution is -2.38. The van der Waals surface area contributed by atoms with Crippen molar-refractivity contribution in [1.29, 1.82) is 0 Å². The summed E-state index contributed by atoms with van der Waals surface area (Å²) in [6.07, 6.45) is 0. The largest absolute Gasteiger partial charge is 0.479 e. The maximum Gasteiger partial charge on any atom is 0.331 e. The zero-order valence-electron chi connectivity index (χ0n) is 12.1. The Bertz CT molecular complexity index is 857. The number of hydrogen-bond donors (Lipinski definition) is 1. The van der Waals surface area contributed by atoms with Gasteiger partial charge in [0.1, 0.15) is 0 Å². The highest BCUT2D eigenvalue weighted by molar-refractivity contribution is 6.22. The summed E-state index contributed by atoms with van der Waals surface area (Å²) in [7, 11) is 0. The van der Waals surface area contributed by atoms with Crippen LogP contribution in [0.25, 0.3) is 0 Å². The van der Waals surface area contributed by atoms with E-state index >= 15 is 0 Å². The Morgan fingerprint density at radius 1 is 1.04 bits per heavy atom. The molecular weight excluding hydrogens is 316 g/mol. The molecule has 1 N–H and O–H groups in total. The van der Waals surface area contributed by atoms with E-state index in [1.54, 1.807) is 12.1 Å². The predicted molar refractivity (Wildman–Crippen MR) is 80.4 cm³/mol. The van der Waals surface area contributed by atoms with E-state index in [9.17, 15) is 29.6 Å². The van der Waals surface area contributed by atoms with Gasteiger partial charge in [-0.25, -0.2) is 4.79 Å². The molecule has 8 heteroatoms. The first kappa shape index (κ1) is 15.3. The number of carbonyl (C=O) groups excluding carboxylic acids is 2. The Hall–Kier alpha value is -3.55. The molecule has 1 heterocycles. The van der Waals surface area contributed by atoms with Crippen LogP contribution in [0, 0.1) is 10.1 Å². The fourth-order valence-electron chi connectivity index (χ4n) is 2.65. The average molecular weight is 326 g/mol. The summed E-state index contributed by atoms with van der Waals surface area (Å²) in [5.74, 6) is -2.94. The zero-order chi connectivity index (χ0) is 17.4. The van der Waals surface area contributed by atoms with E-state index in [1.165, 1.54) is 30.3 Å². The SMILES string of the molecule is O=C(O)C(c1cccc([N+](=O)[O-])c1)N1C(=O)c2ccccc2C1=O. The van der Waals surface area contributed by atoms with E-state index < -0.39 is 28.7 Å². The van der Waals surface area contributed by atoms with E-state index in [0.29, 0.717) is 4.90 Å². The van der Waals surface area contributed by atoms with Crippen LogP contribution in [0.5, 0.6) is 0 Å². The molecule has 0 fully saturated rings. The van der Waals surface area contributed by atoms with Gasteiger partial charge in [0.15, 0.2) is 6.04 Å². The number of hydrogen-bond acceptors (Lipinski definition) is 5. The first-order chi connectivity index (χ1) is 11.4. The first-order valence-corrected chi connectivity index (χ1v) is 6.86. The summed E-state index contributed by atoms with van der Waals surface area (Å²) in [4.78, 5) is 47.4. The van der Waals surface area contributed by atoms with E-state index in [4.69, 9.17) is 0 Å². The Kier molecular flexibility index (Phi) is 3.57. The van der Waals surface area contributed by atoms with Gasteiger partial charge in [-0.15, -0.1) is 0 Å². The zero-order valence-corrected chi connectivity index (χ0v) is 12.1. The van der Waals surface area contributed by atoms with Gasteiger partial charge < -0.3 is 5.11 Å². The van der Waals surface area contributed by atoms with Gasteiger partial charge in [-0.05, 0) is 17.7 Å². The molecular formula is C16H10N2O6. The molecule has 8 nitrogen and oxygen atoms in total. The van der Waals surface area contributed by atoms with Crippen LogP contribution in [-0.4, -0.2) is 32.7 Å². The van der Waals surface area contributed by atoms with Crippen molar-refractivity contribution in [1.82, 2.24) is 4.90 Å². The lowest BCUT2D eigenvalue weighted by atomic mass is 10.0. The number of nitro groups is 1. The number of rotatable bonds is 4. The van der Waals surface area contributed by atoms with Crippen molar-refractivity contribution in [2.24, 2.45) is 0 Å². The Labute approximate surface area is 135 Å². The van der Waals surface area contributed by atoms with Crippen LogP contribution in [0.4, 0.5) is 5.69 Å². The Morgan fingerprint density at radius 2 is 1.62 bits per heavy atom. The lowest BCUT2D eigenvalue weighted by molar-refractivity contribution is -0.384. The third-order valence-corrected chi connectivity index (χ3v) is 3.71. The second kappa shape index (κ2) is 5.58. The lowest BCUT2D eigenvalue weighted by Gasteiger charge is -2.22. The minimum Gasteiger partial charge on any atom is -0.479 e. The van der Waals surface area contributed by atoms with Gasteiger partial charge in [0.2, 0.25) is 0 Å². The highest BCUT2D eigenvalue weighted by Crippen LogP contribution is 2.32. The molecule has 1 atom stereocenters. The number of benzene rings is 2. The number of non-ortho nitro benzene ring substituents is 1. The van der Waals surface area contributed by atoms with Crippen LogP contribution in [0.1, 0.15) is 32.3 Å². The molecule has 0 spiro atoms. The third kappa shape index (κ3) is 2.30. The van der Waals surface area contributed by atoms with Crippen LogP contribution < -0.4 is 0 Å². The van der Waals surface area contributed by atoms with E-state index in [-0.39, 0.29) is 22.4 Å². The quantitative estimate of drug-likeness (QED) is 0.521. The average Bonchev–Trinajstić information content (AvgIpc) is 2.81. The van der Waals surface area contributed by atoms with Crippen molar-refractivity contribution in [2.45, 2.75) is 6.04 Å². The van der Waals surface area contributed by atoms with Crippen LogP contribution in [0.15, 0.2) is 48.5 Å². The summed E-state index contributed by atoms with van der Waals surface area (Å²) in [6.45, 7) is 0. The maximum absolute atomic E-state index is 12.5. The molecule has 120 valence electrons. The molecule has 2 aromatic rings. The topological polar surface area (TPSA) is 118 Å². The van der Waals surface area contributed by atoms with Crippen molar-refractivity contribution in [3.05, 3.63) is 75.3 Å². The molecule has 0 aliphatic carbocycles. The molecule has 0 radical (unpaired) electrons. The number of amides is 2. The predicted octanol–water partition coefficient (Wildman–Crippen LogP) is 2.02. The second-order valence-electron chi connectivity index (χ2n) is 5.12. The van der Waals surface area contributed by atoms with Crippen molar-refractivity contribution < 1.29 is 24.4 Å². The van der Waals surface area contributed by atoms with Crippen LogP contribution in [0.3, 0.4) is 0 Å². The number of imide groups is 1. The monoisotopic (exact) mass is 326 g/mol. The molecule has 0 saturated carbocycles. The number of fused-ring (bicyclic) bond motifs is 1. The summed E-state index contributed by atoms with van der Waals surface area (Å²) >= 11 is 0. The van der Waals surface area contributed by atoms with Gasteiger partial charge in [-0.3, -0.25) is 24.6 Å². The molecule has 1 unspecified atom stereocenters. The first-order valence-electron chi connectivity index (χ1n) is 6.86. The van der Waals surface area contributed by atoms with Gasteiger partial charge in [0, 0.05) is 12.1 Å². The van der Waals surface area contributed by atoms with Crippen molar-refractivity contribution in [2.75, 3.05) is 0 Å². The van der Waals surface area contributed by atoms with Gasteiger partial charge in [-0.1, -0.05) is 24.3 Å². The fourth-order valence-corrected chi connectivity index (χ4v) is 2.65. The number of aliphatic carboxylic acids is 1. The summed E-state index contributed by atoms with van der Waals surface area (Å²) in [5, 5.41) is 20.4. The molecule has 1 aliphatic heterocycles. The highest BCUT2D eigenvalue weighted by atomic mass is 16.6. The van der Waals surface area contributed by atoms with E-state index in [2.05, 4.69) is 0 Å². The number of carbonyl (C=O) groups is 3. The van der Waals surface area contributed by atoms with Crippen molar-refractivity contribution >= 4 is 23.5 Å². The molecule has 24 heavy (non-hydrogen) atoms. The van der Waals surface area contributed by atoms with Gasteiger partial charge in [-0.2, -0.15) is 0 Å². The summed E-state index contributed by atoms with van der Waals surface area (Å²) < 4.78 is 0. The van der Waals surface area contributed by atoms with Gasteiger partial charge in [0.25, 0.3) is 17.5 Å². The number of nitro benzene ring substituents is 1. The van der Waals surface area contributed by atoms with Gasteiger partial charge >= 0.3 is 5.97 Å². The molecule has 0 saturated heterocycles. The van der Waals surface area contributed by atoms with Crippen LogP contribution in [-0.2, 0) is 4.79 Å². The van der Waals surface area contributed by atoms with E-state index in [1.807, 2.05) is 0 Å². The molecule has 0 bridgehead atoms. The third-order valence-electron chi connectivity index (χ3n) is 3.71. The van der Waals surface area contributed by atoms with Crippen LogP contribution >= 0.6 is 0 Å². The standard InChI is InChI=1S/C16H10N2O6/c19-14-11-6-1-2-7-12(11)15(20)17(14)13(16(21)22)9-4-3-5-10(8-9)18(23)24/h1-8,13H,(H,21,22). The minimum absolute atomic E-state index is 0.0220. The summed E-state index contributed by atoms with van der Waals surface area (Å²) in [5.41, 5.74) is -0.125. The second-order valence-corrected chi connectivity index (χ2v) is 5.12. The van der Waals surface area contributed by atoms with Gasteiger partial charge in [0.05, 0.1) is 16.1 Å². The number of carboxylic acid groups (broad SMARTS) is 1. The molecule has 2 amide bonds. The molecule has 3 rings (SSSR count). The maximum atomic E-state index is 12.5. The summed E-state index contributed by atoms with van der Waals surface area (Å²) in [6, 6.07) is 9.23. The number of nitrogens with zero attached hydrogens (tertiary/aromatic N) is 2. The van der Waals surface area contributed by atoms with Crippen molar-refractivity contribution in [3.63, 3.8) is 0 Å². The van der Waals surface area contributed by atoms with Crippen molar-refractivity contribution in [3.8, 4) is 0 Å². The highest BCUT2D eigenvalue weighted by Gasteiger charge is 2.43. The number of carboxylic acids is 1. The normalized spacial score (nSPS) is 14.4. The molecule has 0 aromatic heterocycles. The van der Waals surface area contributed by atoms with E-state index in [0.717, 1.165) is 6.07 Å². The fraction of sp³-hybridized carbons (Fsp3) is 0.0625. The minimum atomic E-state index is -1.64. The molecule has 2 aromatic carbocycles. The Morgan fingerprint density at radius 3 is 2.12 bits per heavy atom. The molecule has 1 aliphatic rings.